The fourth-order valence-electron chi connectivity index (χ4n) is 1.87. The lowest BCUT2D eigenvalue weighted by Gasteiger charge is -2.17. The Hall–Kier alpha value is -0.370. The van der Waals surface area contributed by atoms with Crippen molar-refractivity contribution < 1.29 is 4.79 Å². The highest BCUT2D eigenvalue weighted by Gasteiger charge is 2.20. The van der Waals surface area contributed by atoms with Crippen LogP contribution in [0.25, 0.3) is 0 Å². The van der Waals surface area contributed by atoms with Crippen molar-refractivity contribution in [3.05, 3.63) is 0 Å². The standard InChI is InChI=1S/C10H19NO/c1-11(2)8-9-6-4-3-5-7-10(9)12/h9H,3-8H2,1-2H3/t9-/m0/s1. The van der Waals surface area contributed by atoms with E-state index < -0.39 is 0 Å². The van der Waals surface area contributed by atoms with Crippen LogP contribution in [0.4, 0.5) is 0 Å². The summed E-state index contributed by atoms with van der Waals surface area (Å²) in [7, 11) is 4.08. The van der Waals surface area contributed by atoms with Crippen LogP contribution in [0.2, 0.25) is 0 Å². The number of hydrogen-bond donors (Lipinski definition) is 0. The Morgan fingerprint density at radius 2 is 2.08 bits per heavy atom. The van der Waals surface area contributed by atoms with E-state index in [1.165, 1.54) is 12.8 Å². The zero-order chi connectivity index (χ0) is 8.97. The maximum absolute atomic E-state index is 11.5. The van der Waals surface area contributed by atoms with Crippen LogP contribution < -0.4 is 0 Å². The number of hydrogen-bond acceptors (Lipinski definition) is 2. The van der Waals surface area contributed by atoms with Crippen LogP contribution in [0.15, 0.2) is 0 Å². The summed E-state index contributed by atoms with van der Waals surface area (Å²) < 4.78 is 0. The first-order valence-corrected chi connectivity index (χ1v) is 4.87. The maximum Gasteiger partial charge on any atom is 0.137 e. The van der Waals surface area contributed by atoms with Crippen LogP contribution in [0, 0.1) is 5.92 Å². The number of ketones is 1. The van der Waals surface area contributed by atoms with Gasteiger partial charge in [-0.25, -0.2) is 0 Å². The Morgan fingerprint density at radius 3 is 2.75 bits per heavy atom. The van der Waals surface area contributed by atoms with Crippen LogP contribution in [0.5, 0.6) is 0 Å². The second-order valence-electron chi connectivity index (χ2n) is 4.02. The Bertz CT molecular complexity index is 154. The van der Waals surface area contributed by atoms with E-state index in [2.05, 4.69) is 4.90 Å². The Labute approximate surface area is 74.9 Å². The second kappa shape index (κ2) is 4.61. The van der Waals surface area contributed by atoms with E-state index in [0.717, 1.165) is 25.8 Å². The molecule has 2 nitrogen and oxygen atoms in total. The summed E-state index contributed by atoms with van der Waals surface area (Å²) in [6.45, 7) is 0.943. The largest absolute Gasteiger partial charge is 0.309 e. The summed E-state index contributed by atoms with van der Waals surface area (Å²) >= 11 is 0. The number of Topliss-reactive ketones (excluding diaryl/α,β-unsaturated/α-hetero) is 1. The molecule has 1 atom stereocenters. The lowest BCUT2D eigenvalue weighted by molar-refractivity contribution is -0.123. The van der Waals surface area contributed by atoms with Crippen molar-refractivity contribution in [2.24, 2.45) is 5.92 Å². The van der Waals surface area contributed by atoms with Gasteiger partial charge in [-0.2, -0.15) is 0 Å². The fourth-order valence-corrected chi connectivity index (χ4v) is 1.87. The first-order valence-electron chi connectivity index (χ1n) is 4.87. The minimum Gasteiger partial charge on any atom is -0.309 e. The molecule has 0 aliphatic heterocycles. The quantitative estimate of drug-likeness (QED) is 0.586. The molecule has 0 bridgehead atoms. The summed E-state index contributed by atoms with van der Waals surface area (Å²) in [5.41, 5.74) is 0. The second-order valence-corrected chi connectivity index (χ2v) is 4.02. The number of carbonyl (C=O) groups is 1. The minimum absolute atomic E-state index is 0.322. The van der Waals surface area contributed by atoms with Crippen molar-refractivity contribution in [1.29, 1.82) is 0 Å². The van der Waals surface area contributed by atoms with Crippen LogP contribution in [0.3, 0.4) is 0 Å². The lowest BCUT2D eigenvalue weighted by Crippen LogP contribution is -2.26. The van der Waals surface area contributed by atoms with Crippen molar-refractivity contribution in [3.8, 4) is 0 Å². The fraction of sp³-hybridized carbons (Fsp3) is 0.900. The van der Waals surface area contributed by atoms with Crippen molar-refractivity contribution in [1.82, 2.24) is 4.90 Å². The Balaban J connectivity index is 2.42. The molecule has 0 amide bonds. The van der Waals surface area contributed by atoms with Gasteiger partial charge in [0.1, 0.15) is 5.78 Å². The molecule has 0 heterocycles. The molecule has 70 valence electrons. The number of rotatable bonds is 2. The normalized spacial score (nSPS) is 25.9. The topological polar surface area (TPSA) is 20.3 Å². The van der Waals surface area contributed by atoms with Crippen LogP contribution in [0.1, 0.15) is 32.1 Å². The van der Waals surface area contributed by atoms with Gasteiger partial charge in [0.2, 0.25) is 0 Å². The van der Waals surface area contributed by atoms with E-state index >= 15 is 0 Å². The van der Waals surface area contributed by atoms with Gasteiger partial charge in [-0.05, 0) is 26.9 Å². The molecule has 0 spiro atoms. The number of carbonyl (C=O) groups excluding carboxylic acids is 1. The molecule has 0 aromatic carbocycles. The smallest absolute Gasteiger partial charge is 0.137 e. The Kier molecular flexibility index (Phi) is 3.73. The Morgan fingerprint density at radius 1 is 1.33 bits per heavy atom. The van der Waals surface area contributed by atoms with Crippen molar-refractivity contribution in [2.45, 2.75) is 32.1 Å². The summed E-state index contributed by atoms with van der Waals surface area (Å²) in [6.07, 6.45) is 5.53. The zero-order valence-corrected chi connectivity index (χ0v) is 8.18. The minimum atomic E-state index is 0.322. The molecule has 1 aliphatic carbocycles. The van der Waals surface area contributed by atoms with Gasteiger partial charge < -0.3 is 4.90 Å². The predicted molar refractivity (Wildman–Crippen MR) is 50.1 cm³/mol. The summed E-state index contributed by atoms with van der Waals surface area (Å²) in [4.78, 5) is 13.6. The van der Waals surface area contributed by atoms with Gasteiger partial charge in [-0.1, -0.05) is 12.8 Å². The van der Waals surface area contributed by atoms with Crippen LogP contribution in [-0.2, 0) is 4.79 Å². The molecule has 0 aromatic heterocycles. The van der Waals surface area contributed by atoms with Gasteiger partial charge in [0, 0.05) is 18.9 Å². The SMILES string of the molecule is CN(C)C[C@@H]1CCCCCC1=O. The molecule has 1 aliphatic rings. The van der Waals surface area contributed by atoms with E-state index in [1.807, 2.05) is 14.1 Å². The summed E-state index contributed by atoms with van der Waals surface area (Å²) in [6, 6.07) is 0. The van der Waals surface area contributed by atoms with Gasteiger partial charge in [-0.15, -0.1) is 0 Å². The van der Waals surface area contributed by atoms with Crippen LogP contribution in [-0.4, -0.2) is 31.3 Å². The van der Waals surface area contributed by atoms with E-state index in [-0.39, 0.29) is 0 Å². The molecular formula is C10H19NO. The summed E-state index contributed by atoms with van der Waals surface area (Å²) in [5, 5.41) is 0. The molecule has 0 saturated heterocycles. The molecule has 1 fully saturated rings. The van der Waals surface area contributed by atoms with Gasteiger partial charge in [0.15, 0.2) is 0 Å². The van der Waals surface area contributed by atoms with Gasteiger partial charge in [-0.3, -0.25) is 4.79 Å². The van der Waals surface area contributed by atoms with Crippen molar-refractivity contribution >= 4 is 5.78 Å². The highest BCUT2D eigenvalue weighted by Crippen LogP contribution is 2.20. The maximum atomic E-state index is 11.5. The first kappa shape index (κ1) is 9.72. The molecule has 1 saturated carbocycles. The number of nitrogens with zero attached hydrogens (tertiary/aromatic N) is 1. The lowest BCUT2D eigenvalue weighted by atomic mass is 9.99. The molecular weight excluding hydrogens is 150 g/mol. The molecule has 0 N–H and O–H groups in total. The van der Waals surface area contributed by atoms with E-state index in [9.17, 15) is 4.79 Å². The zero-order valence-electron chi connectivity index (χ0n) is 8.18. The van der Waals surface area contributed by atoms with Crippen LogP contribution >= 0.6 is 0 Å². The van der Waals surface area contributed by atoms with E-state index in [1.54, 1.807) is 0 Å². The predicted octanol–water partition coefficient (Wildman–Crippen LogP) is 1.70. The highest BCUT2D eigenvalue weighted by molar-refractivity contribution is 5.81. The molecule has 0 unspecified atom stereocenters. The molecule has 0 aromatic rings. The average Bonchev–Trinajstić information content (AvgIpc) is 2.16. The third-order valence-corrected chi connectivity index (χ3v) is 2.52. The molecule has 2 heteroatoms. The third kappa shape index (κ3) is 2.94. The van der Waals surface area contributed by atoms with E-state index in [4.69, 9.17) is 0 Å². The van der Waals surface area contributed by atoms with Gasteiger partial charge >= 0.3 is 0 Å². The van der Waals surface area contributed by atoms with Crippen molar-refractivity contribution in [3.63, 3.8) is 0 Å². The average molecular weight is 169 g/mol. The highest BCUT2D eigenvalue weighted by atomic mass is 16.1. The third-order valence-electron chi connectivity index (χ3n) is 2.52. The monoisotopic (exact) mass is 169 g/mol. The van der Waals surface area contributed by atoms with Gasteiger partial charge in [0.25, 0.3) is 0 Å². The van der Waals surface area contributed by atoms with Gasteiger partial charge in [0.05, 0.1) is 0 Å². The summed E-state index contributed by atoms with van der Waals surface area (Å²) in [5.74, 6) is 0.809. The molecule has 0 radical (unpaired) electrons. The molecule has 1 rings (SSSR count). The van der Waals surface area contributed by atoms with Crippen molar-refractivity contribution in [2.75, 3.05) is 20.6 Å². The first-order chi connectivity index (χ1) is 5.70. The molecule has 12 heavy (non-hydrogen) atoms. The van der Waals surface area contributed by atoms with E-state index in [0.29, 0.717) is 11.7 Å².